The first-order valence-corrected chi connectivity index (χ1v) is 9.23. The third-order valence-corrected chi connectivity index (χ3v) is 4.47. The first kappa shape index (κ1) is 20.7. The van der Waals surface area contributed by atoms with E-state index in [9.17, 15) is 14.4 Å². The van der Waals surface area contributed by atoms with E-state index >= 15 is 0 Å². The number of hydrogen-bond donors (Lipinski definition) is 0. The smallest absolute Gasteiger partial charge is 0.306 e. The fraction of sp³-hybridized carbons (Fsp3) is 0.476. The molecule has 0 aromatic heterocycles. The average molecular weight is 374 g/mol. The van der Waals surface area contributed by atoms with E-state index in [1.165, 1.54) is 26.4 Å². The molecule has 1 aromatic rings. The maximum absolute atomic E-state index is 12.5. The molecule has 1 aliphatic carbocycles. The number of benzene rings is 1. The normalized spacial score (nSPS) is 13.9. The van der Waals surface area contributed by atoms with Crippen LogP contribution in [0.4, 0.5) is 0 Å². The first-order chi connectivity index (χ1) is 13.0. The largest absolute Gasteiger partial charge is 0.496 e. The summed E-state index contributed by atoms with van der Waals surface area (Å²) in [5.74, 6) is -0.426. The highest BCUT2D eigenvalue weighted by Crippen LogP contribution is 2.42. The Hall–Kier alpha value is -2.63. The van der Waals surface area contributed by atoms with E-state index in [-0.39, 0.29) is 40.2 Å². The van der Waals surface area contributed by atoms with E-state index in [0.717, 1.165) is 12.8 Å². The molecule has 0 fully saturated rings. The molecule has 0 amide bonds. The summed E-state index contributed by atoms with van der Waals surface area (Å²) >= 11 is 0. The van der Waals surface area contributed by atoms with Gasteiger partial charge < -0.3 is 14.2 Å². The van der Waals surface area contributed by atoms with Gasteiger partial charge in [0.25, 0.3) is 0 Å². The highest BCUT2D eigenvalue weighted by Gasteiger charge is 2.32. The molecule has 27 heavy (non-hydrogen) atoms. The van der Waals surface area contributed by atoms with E-state index in [1.54, 1.807) is 6.07 Å². The van der Waals surface area contributed by atoms with E-state index < -0.39 is 6.10 Å². The van der Waals surface area contributed by atoms with Crippen LogP contribution < -0.4 is 9.47 Å². The third-order valence-electron chi connectivity index (χ3n) is 4.47. The zero-order chi connectivity index (χ0) is 20.0. The number of methoxy groups -OCH3 is 2. The lowest BCUT2D eigenvalue weighted by Crippen LogP contribution is -2.19. The van der Waals surface area contributed by atoms with Crippen LogP contribution in [0.15, 0.2) is 18.2 Å². The van der Waals surface area contributed by atoms with Crippen molar-refractivity contribution in [3.05, 3.63) is 34.9 Å². The molecular weight excluding hydrogens is 348 g/mol. The predicted molar refractivity (Wildman–Crippen MR) is 101 cm³/mol. The van der Waals surface area contributed by atoms with Crippen molar-refractivity contribution >= 4 is 17.5 Å². The number of allylic oxidation sites excluding steroid dienone is 2. The second kappa shape index (κ2) is 9.35. The molecule has 0 saturated heterocycles. The molecule has 1 aromatic carbocycles. The van der Waals surface area contributed by atoms with Crippen LogP contribution in [0.5, 0.6) is 11.5 Å². The molecule has 6 heteroatoms. The molecule has 0 aliphatic heterocycles. The van der Waals surface area contributed by atoms with E-state index in [1.807, 2.05) is 13.8 Å². The van der Waals surface area contributed by atoms with Crippen LogP contribution in [-0.2, 0) is 9.53 Å². The fourth-order valence-electron chi connectivity index (χ4n) is 3.17. The lowest BCUT2D eigenvalue weighted by atomic mass is 9.88. The summed E-state index contributed by atoms with van der Waals surface area (Å²) in [4.78, 5) is 37.0. The van der Waals surface area contributed by atoms with Crippen LogP contribution in [0.3, 0.4) is 0 Å². The Morgan fingerprint density at radius 3 is 2.22 bits per heavy atom. The summed E-state index contributed by atoms with van der Waals surface area (Å²) < 4.78 is 16.6. The van der Waals surface area contributed by atoms with E-state index in [2.05, 4.69) is 0 Å². The molecule has 0 spiro atoms. The van der Waals surface area contributed by atoms with Gasteiger partial charge in [0.1, 0.15) is 17.6 Å². The summed E-state index contributed by atoms with van der Waals surface area (Å²) in [6.07, 6.45) is 5.21. The van der Waals surface area contributed by atoms with Gasteiger partial charge in [-0.1, -0.05) is 20.3 Å². The van der Waals surface area contributed by atoms with Gasteiger partial charge in [-0.3, -0.25) is 14.4 Å². The van der Waals surface area contributed by atoms with Crippen LogP contribution in [0.1, 0.15) is 78.3 Å². The highest BCUT2D eigenvalue weighted by atomic mass is 16.5. The van der Waals surface area contributed by atoms with Crippen molar-refractivity contribution in [3.8, 4) is 11.5 Å². The Morgan fingerprint density at radius 1 is 1.00 bits per heavy atom. The number of rotatable bonds is 9. The highest BCUT2D eigenvalue weighted by molar-refractivity contribution is 6.24. The van der Waals surface area contributed by atoms with Crippen molar-refractivity contribution in [3.63, 3.8) is 0 Å². The lowest BCUT2D eigenvalue weighted by molar-refractivity contribution is -0.150. The molecule has 0 saturated carbocycles. The molecule has 0 radical (unpaired) electrons. The quantitative estimate of drug-likeness (QED) is 0.602. The van der Waals surface area contributed by atoms with Crippen LogP contribution in [0.25, 0.3) is 0 Å². The van der Waals surface area contributed by atoms with Crippen molar-refractivity contribution in [2.45, 2.75) is 52.1 Å². The fourth-order valence-corrected chi connectivity index (χ4v) is 3.17. The van der Waals surface area contributed by atoms with Gasteiger partial charge in [0.2, 0.25) is 0 Å². The zero-order valence-electron chi connectivity index (χ0n) is 16.3. The van der Waals surface area contributed by atoms with Gasteiger partial charge in [-0.05, 0) is 37.5 Å². The van der Waals surface area contributed by atoms with Gasteiger partial charge in [-0.2, -0.15) is 0 Å². The summed E-state index contributed by atoms with van der Waals surface area (Å²) in [6.45, 7) is 3.95. The zero-order valence-corrected chi connectivity index (χ0v) is 16.3. The van der Waals surface area contributed by atoms with Crippen molar-refractivity contribution in [2.24, 2.45) is 0 Å². The molecular formula is C21H26O6. The molecule has 1 aliphatic rings. The number of carbonyl (C=O) groups is 3. The van der Waals surface area contributed by atoms with Crippen molar-refractivity contribution in [1.29, 1.82) is 0 Å². The Morgan fingerprint density at radius 2 is 1.67 bits per heavy atom. The number of esters is 1. The minimum absolute atomic E-state index is 0.160. The second-order valence-electron chi connectivity index (χ2n) is 6.38. The van der Waals surface area contributed by atoms with Crippen LogP contribution in [-0.4, -0.2) is 31.8 Å². The van der Waals surface area contributed by atoms with Gasteiger partial charge in [0, 0.05) is 12.0 Å². The van der Waals surface area contributed by atoms with E-state index in [4.69, 9.17) is 14.2 Å². The molecule has 2 rings (SSSR count). The second-order valence-corrected chi connectivity index (χ2v) is 6.38. The molecule has 0 N–H and O–H groups in total. The van der Waals surface area contributed by atoms with Crippen LogP contribution >= 0.6 is 0 Å². The summed E-state index contributed by atoms with van der Waals surface area (Å²) in [6, 6.07) is 1.64. The molecule has 6 nitrogen and oxygen atoms in total. The topological polar surface area (TPSA) is 78.9 Å². The summed E-state index contributed by atoms with van der Waals surface area (Å²) in [7, 11) is 2.87. The summed E-state index contributed by atoms with van der Waals surface area (Å²) in [5, 5.41) is 0. The number of hydrogen-bond acceptors (Lipinski definition) is 6. The SMILES string of the molecule is CCCCC(OC(=O)CCC)c1cc(OC)c2c(c1OC)C(=O)C=CC2=O. The van der Waals surface area contributed by atoms with Gasteiger partial charge in [-0.25, -0.2) is 0 Å². The Labute approximate surface area is 159 Å². The lowest BCUT2D eigenvalue weighted by Gasteiger charge is -2.25. The molecule has 1 atom stereocenters. The predicted octanol–water partition coefficient (Wildman–Crippen LogP) is 4.21. The third kappa shape index (κ3) is 4.38. The van der Waals surface area contributed by atoms with Gasteiger partial charge in [-0.15, -0.1) is 0 Å². The maximum atomic E-state index is 12.5. The van der Waals surface area contributed by atoms with Gasteiger partial charge in [0.05, 0.1) is 25.3 Å². The summed E-state index contributed by atoms with van der Waals surface area (Å²) in [5.41, 5.74) is 0.884. The first-order valence-electron chi connectivity index (χ1n) is 9.23. The monoisotopic (exact) mass is 374 g/mol. The average Bonchev–Trinajstić information content (AvgIpc) is 2.66. The van der Waals surface area contributed by atoms with Crippen molar-refractivity contribution in [1.82, 2.24) is 0 Å². The number of unbranched alkanes of at least 4 members (excludes halogenated alkanes) is 1. The van der Waals surface area contributed by atoms with Crippen molar-refractivity contribution < 1.29 is 28.6 Å². The Balaban J connectivity index is 2.62. The standard InChI is InChI=1S/C21H26O6/c1-5-7-9-16(27-18(24)8-6-2)13-12-17(25-3)19-14(22)10-11-15(23)20(19)21(13)26-4/h10-12,16H,5-9H2,1-4H3. The Kier molecular flexibility index (Phi) is 7.16. The molecule has 0 heterocycles. The molecule has 1 unspecified atom stereocenters. The minimum atomic E-state index is -0.577. The minimum Gasteiger partial charge on any atom is -0.496 e. The van der Waals surface area contributed by atoms with Crippen molar-refractivity contribution in [2.75, 3.05) is 14.2 Å². The van der Waals surface area contributed by atoms with Gasteiger partial charge >= 0.3 is 5.97 Å². The number of fused-ring (bicyclic) bond motifs is 1. The van der Waals surface area contributed by atoms with Gasteiger partial charge in [0.15, 0.2) is 11.6 Å². The van der Waals surface area contributed by atoms with Crippen LogP contribution in [0, 0.1) is 0 Å². The number of ketones is 2. The Bertz CT molecular complexity index is 762. The number of carbonyl (C=O) groups excluding carboxylic acids is 3. The number of ether oxygens (including phenoxy) is 3. The van der Waals surface area contributed by atoms with E-state index in [0.29, 0.717) is 24.8 Å². The maximum Gasteiger partial charge on any atom is 0.306 e. The molecule has 0 bridgehead atoms. The molecule has 146 valence electrons. The van der Waals surface area contributed by atoms with Crippen LogP contribution in [0.2, 0.25) is 0 Å².